The molecule has 1 aliphatic rings. The van der Waals surface area contributed by atoms with E-state index in [9.17, 15) is 9.59 Å². The number of carbonyl (C=O) groups excluding carboxylic acids is 2. The lowest BCUT2D eigenvalue weighted by Crippen LogP contribution is -2.18. The van der Waals surface area contributed by atoms with Gasteiger partial charge < -0.3 is 10.1 Å². The Morgan fingerprint density at radius 3 is 2.75 bits per heavy atom. The molecule has 1 heterocycles. The fourth-order valence-electron chi connectivity index (χ4n) is 2.21. The summed E-state index contributed by atoms with van der Waals surface area (Å²) in [5, 5.41) is 2.83. The van der Waals surface area contributed by atoms with Crippen LogP contribution in [0.4, 0.5) is 5.69 Å². The zero-order valence-corrected chi connectivity index (χ0v) is 10.8. The summed E-state index contributed by atoms with van der Waals surface area (Å²) in [5.74, 6) is 1.36. The molecule has 2 aromatic carbocycles. The van der Waals surface area contributed by atoms with E-state index in [2.05, 4.69) is 5.32 Å². The van der Waals surface area contributed by atoms with Gasteiger partial charge in [0.1, 0.15) is 17.8 Å². The molecule has 0 saturated heterocycles. The second kappa shape index (κ2) is 5.17. The standard InChI is InChI=1S/C16H13NO3/c18-10-11-2-1-3-13(8-11)20-14-5-6-15-12(9-14)4-7-16(19)17-15/h1-3,5-6,8-10H,4,7H2,(H,17,19). The van der Waals surface area contributed by atoms with Crippen molar-refractivity contribution < 1.29 is 14.3 Å². The van der Waals surface area contributed by atoms with Gasteiger partial charge in [0.15, 0.2) is 0 Å². The van der Waals surface area contributed by atoms with Crippen LogP contribution >= 0.6 is 0 Å². The van der Waals surface area contributed by atoms with Crippen LogP contribution in [0.1, 0.15) is 22.3 Å². The highest BCUT2D eigenvalue weighted by molar-refractivity contribution is 5.94. The molecule has 0 atom stereocenters. The lowest BCUT2D eigenvalue weighted by atomic mass is 10.0. The Hall–Kier alpha value is -2.62. The Morgan fingerprint density at radius 2 is 1.90 bits per heavy atom. The first-order valence-electron chi connectivity index (χ1n) is 6.40. The summed E-state index contributed by atoms with van der Waals surface area (Å²) in [6.07, 6.45) is 2.00. The molecule has 20 heavy (non-hydrogen) atoms. The monoisotopic (exact) mass is 267 g/mol. The molecule has 1 aliphatic heterocycles. The number of hydrogen-bond acceptors (Lipinski definition) is 3. The minimum Gasteiger partial charge on any atom is -0.457 e. The normalized spacial score (nSPS) is 13.3. The van der Waals surface area contributed by atoms with Gasteiger partial charge in [0, 0.05) is 17.7 Å². The molecule has 0 saturated carbocycles. The van der Waals surface area contributed by atoms with Gasteiger partial charge in [0.25, 0.3) is 0 Å². The SMILES string of the molecule is O=Cc1cccc(Oc2ccc3c(c2)CCC(=O)N3)c1. The molecule has 4 nitrogen and oxygen atoms in total. The van der Waals surface area contributed by atoms with Gasteiger partial charge in [-0.3, -0.25) is 9.59 Å². The lowest BCUT2D eigenvalue weighted by molar-refractivity contribution is -0.116. The fraction of sp³-hybridized carbons (Fsp3) is 0.125. The smallest absolute Gasteiger partial charge is 0.224 e. The number of aryl methyl sites for hydroxylation is 1. The van der Waals surface area contributed by atoms with Crippen LogP contribution in [0.25, 0.3) is 0 Å². The number of carbonyl (C=O) groups is 2. The number of hydrogen-bond donors (Lipinski definition) is 1. The zero-order chi connectivity index (χ0) is 13.9. The van der Waals surface area contributed by atoms with Crippen molar-refractivity contribution in [3.05, 3.63) is 53.6 Å². The first-order valence-corrected chi connectivity index (χ1v) is 6.40. The third-order valence-electron chi connectivity index (χ3n) is 3.20. The van der Waals surface area contributed by atoms with Crippen molar-refractivity contribution >= 4 is 17.9 Å². The molecule has 0 aliphatic carbocycles. The Kier molecular flexibility index (Phi) is 3.21. The minimum atomic E-state index is 0.0462. The van der Waals surface area contributed by atoms with Crippen LogP contribution in [0.2, 0.25) is 0 Å². The Balaban J connectivity index is 1.84. The maximum atomic E-state index is 11.3. The highest BCUT2D eigenvalue weighted by Crippen LogP contribution is 2.29. The van der Waals surface area contributed by atoms with Crippen LogP contribution in [0.3, 0.4) is 0 Å². The third kappa shape index (κ3) is 2.54. The summed E-state index contributed by atoms with van der Waals surface area (Å²) >= 11 is 0. The molecule has 0 radical (unpaired) electrons. The summed E-state index contributed by atoms with van der Waals surface area (Å²) < 4.78 is 5.74. The van der Waals surface area contributed by atoms with E-state index in [4.69, 9.17) is 4.74 Å². The summed E-state index contributed by atoms with van der Waals surface area (Å²) in [4.78, 5) is 22.0. The van der Waals surface area contributed by atoms with Gasteiger partial charge in [0.2, 0.25) is 5.91 Å². The van der Waals surface area contributed by atoms with E-state index in [0.29, 0.717) is 29.9 Å². The van der Waals surface area contributed by atoms with Crippen molar-refractivity contribution in [1.29, 1.82) is 0 Å². The molecular weight excluding hydrogens is 254 g/mol. The van der Waals surface area contributed by atoms with Crippen molar-refractivity contribution in [3.8, 4) is 11.5 Å². The minimum absolute atomic E-state index is 0.0462. The zero-order valence-electron chi connectivity index (χ0n) is 10.8. The van der Waals surface area contributed by atoms with Gasteiger partial charge in [-0.1, -0.05) is 12.1 Å². The topological polar surface area (TPSA) is 55.4 Å². The predicted octanol–water partition coefficient (Wildman–Crippen LogP) is 3.18. The number of nitrogens with one attached hydrogen (secondary N) is 1. The average molecular weight is 267 g/mol. The molecule has 1 amide bonds. The molecule has 100 valence electrons. The van der Waals surface area contributed by atoms with Crippen molar-refractivity contribution in [2.45, 2.75) is 12.8 Å². The highest BCUT2D eigenvalue weighted by Gasteiger charge is 2.15. The average Bonchev–Trinajstić information content (AvgIpc) is 2.47. The lowest BCUT2D eigenvalue weighted by Gasteiger charge is -2.17. The molecule has 4 heteroatoms. The Morgan fingerprint density at radius 1 is 1.05 bits per heavy atom. The molecule has 0 unspecified atom stereocenters. The van der Waals surface area contributed by atoms with Crippen LogP contribution in [0, 0.1) is 0 Å². The summed E-state index contributed by atoms with van der Waals surface area (Å²) in [5.41, 5.74) is 2.48. The van der Waals surface area contributed by atoms with Crippen LogP contribution in [-0.2, 0) is 11.2 Å². The van der Waals surface area contributed by atoms with Crippen molar-refractivity contribution in [2.75, 3.05) is 5.32 Å². The number of benzene rings is 2. The molecule has 1 N–H and O–H groups in total. The van der Waals surface area contributed by atoms with E-state index in [1.54, 1.807) is 30.3 Å². The van der Waals surface area contributed by atoms with Crippen LogP contribution in [0.5, 0.6) is 11.5 Å². The van der Waals surface area contributed by atoms with E-state index in [1.807, 2.05) is 12.1 Å². The van der Waals surface area contributed by atoms with E-state index in [-0.39, 0.29) is 5.91 Å². The highest BCUT2D eigenvalue weighted by atomic mass is 16.5. The van der Waals surface area contributed by atoms with Gasteiger partial charge in [-0.2, -0.15) is 0 Å². The van der Waals surface area contributed by atoms with Gasteiger partial charge in [-0.25, -0.2) is 0 Å². The second-order valence-electron chi connectivity index (χ2n) is 4.66. The summed E-state index contributed by atoms with van der Waals surface area (Å²) in [6.45, 7) is 0. The second-order valence-corrected chi connectivity index (χ2v) is 4.66. The first kappa shape index (κ1) is 12.4. The number of aldehydes is 1. The van der Waals surface area contributed by atoms with Crippen molar-refractivity contribution in [3.63, 3.8) is 0 Å². The summed E-state index contributed by atoms with van der Waals surface area (Å²) in [7, 11) is 0. The number of rotatable bonds is 3. The van der Waals surface area contributed by atoms with E-state index < -0.39 is 0 Å². The Labute approximate surface area is 116 Å². The summed E-state index contributed by atoms with van der Waals surface area (Å²) in [6, 6.07) is 12.5. The quantitative estimate of drug-likeness (QED) is 0.869. The van der Waals surface area contributed by atoms with Gasteiger partial charge in [-0.05, 0) is 42.3 Å². The van der Waals surface area contributed by atoms with Gasteiger partial charge in [-0.15, -0.1) is 0 Å². The third-order valence-corrected chi connectivity index (χ3v) is 3.20. The maximum absolute atomic E-state index is 11.3. The molecule has 3 rings (SSSR count). The fourth-order valence-corrected chi connectivity index (χ4v) is 2.21. The molecular formula is C16H13NO3. The molecule has 2 aromatic rings. The Bertz CT molecular complexity index is 679. The van der Waals surface area contributed by atoms with E-state index in [1.165, 1.54) is 0 Å². The molecule has 0 aromatic heterocycles. The van der Waals surface area contributed by atoms with Crippen LogP contribution in [-0.4, -0.2) is 12.2 Å². The molecule has 0 fully saturated rings. The molecule has 0 bridgehead atoms. The number of ether oxygens (including phenoxy) is 1. The van der Waals surface area contributed by atoms with Crippen molar-refractivity contribution in [1.82, 2.24) is 0 Å². The predicted molar refractivity (Wildman–Crippen MR) is 75.3 cm³/mol. The maximum Gasteiger partial charge on any atom is 0.224 e. The van der Waals surface area contributed by atoms with E-state index >= 15 is 0 Å². The van der Waals surface area contributed by atoms with Crippen molar-refractivity contribution in [2.24, 2.45) is 0 Å². The number of fused-ring (bicyclic) bond motifs is 1. The largest absolute Gasteiger partial charge is 0.457 e. The van der Waals surface area contributed by atoms with Crippen LogP contribution < -0.4 is 10.1 Å². The van der Waals surface area contributed by atoms with Crippen LogP contribution in [0.15, 0.2) is 42.5 Å². The van der Waals surface area contributed by atoms with E-state index in [0.717, 1.165) is 17.5 Å². The molecule has 0 spiro atoms. The number of anilines is 1. The number of amides is 1. The van der Waals surface area contributed by atoms with Gasteiger partial charge in [0.05, 0.1) is 0 Å². The van der Waals surface area contributed by atoms with Gasteiger partial charge >= 0.3 is 0 Å². The first-order chi connectivity index (χ1) is 9.74.